The Balaban J connectivity index is 2.00. The lowest BCUT2D eigenvalue weighted by molar-refractivity contribution is 0.0996. The number of fused-ring (bicyclic) bond motifs is 1. The average molecular weight is 441 g/mol. The lowest BCUT2D eigenvalue weighted by Crippen LogP contribution is -2.18. The number of aromatic amines is 1. The Morgan fingerprint density at radius 1 is 1.22 bits per heavy atom. The van der Waals surface area contributed by atoms with Crippen LogP contribution in [-0.4, -0.2) is 39.0 Å². The van der Waals surface area contributed by atoms with E-state index in [1.807, 2.05) is 19.1 Å². The van der Waals surface area contributed by atoms with Crippen molar-refractivity contribution in [3.05, 3.63) is 53.6 Å². The van der Waals surface area contributed by atoms with E-state index in [1.54, 1.807) is 6.20 Å². The Hall–Kier alpha value is -4.15. The first kappa shape index (κ1) is 21.1. The molecule has 0 bridgehead atoms. The molecule has 6 N–H and O–H groups in total. The van der Waals surface area contributed by atoms with Crippen LogP contribution >= 0.6 is 0 Å². The number of aryl methyl sites for hydroxylation is 1. The van der Waals surface area contributed by atoms with Crippen LogP contribution in [0.2, 0.25) is 0 Å². The van der Waals surface area contributed by atoms with Gasteiger partial charge in [-0.15, -0.1) is 0 Å². The Bertz CT molecular complexity index is 1340. The smallest absolute Gasteiger partial charge is 0.269 e. The number of nitrogens with zero attached hydrogens (tertiary/aromatic N) is 3. The van der Waals surface area contributed by atoms with Crippen molar-refractivity contribution in [1.82, 2.24) is 20.2 Å². The third-order valence-electron chi connectivity index (χ3n) is 4.94. The van der Waals surface area contributed by atoms with E-state index in [-0.39, 0.29) is 34.2 Å². The molecule has 2 aromatic heterocycles. The van der Waals surface area contributed by atoms with Gasteiger partial charge in [0.05, 0.1) is 35.3 Å². The third kappa shape index (κ3) is 3.68. The summed E-state index contributed by atoms with van der Waals surface area (Å²) in [6.07, 6.45) is -1.13. The molecule has 0 atom stereocenters. The molecule has 0 fully saturated rings. The van der Waals surface area contributed by atoms with Crippen LogP contribution in [0.25, 0.3) is 33.5 Å². The summed E-state index contributed by atoms with van der Waals surface area (Å²) < 4.78 is 40.0. The van der Waals surface area contributed by atoms with Crippen LogP contribution in [0.1, 0.15) is 16.1 Å². The Kier molecular flexibility index (Phi) is 5.39. The molecule has 0 aliphatic rings. The lowest BCUT2D eigenvalue weighted by Gasteiger charge is -2.16. The molecule has 32 heavy (non-hydrogen) atoms. The van der Waals surface area contributed by atoms with Crippen molar-refractivity contribution in [3.63, 3.8) is 0 Å². The van der Waals surface area contributed by atoms with E-state index in [1.165, 1.54) is 12.1 Å². The second-order valence-electron chi connectivity index (χ2n) is 7.05. The van der Waals surface area contributed by atoms with Crippen molar-refractivity contribution < 1.29 is 18.0 Å². The average Bonchev–Trinajstić information content (AvgIpc) is 3.21. The van der Waals surface area contributed by atoms with Crippen LogP contribution in [0.3, 0.4) is 0 Å². The molecular weight excluding hydrogens is 423 g/mol. The van der Waals surface area contributed by atoms with Crippen molar-refractivity contribution in [2.24, 2.45) is 5.73 Å². The fourth-order valence-electron chi connectivity index (χ4n) is 3.48. The van der Waals surface area contributed by atoms with Crippen LogP contribution in [0.5, 0.6) is 0 Å². The minimum absolute atomic E-state index is 0.0588. The normalized spacial score (nSPS) is 11.3. The highest BCUT2D eigenvalue weighted by Gasteiger charge is 2.23. The van der Waals surface area contributed by atoms with Crippen LogP contribution in [0, 0.1) is 12.7 Å². The summed E-state index contributed by atoms with van der Waals surface area (Å²) in [6, 6.07) is 7.58. The number of anilines is 2. The SMILES string of the molecule is Cc1ccc2[nH]ncc2c1-c1nc(-c2cccc(F)c2NCC(F)F)nc(C(N)=O)c1N. The fraction of sp³-hybridized carbons (Fsp3) is 0.143. The van der Waals surface area contributed by atoms with Crippen molar-refractivity contribution in [2.45, 2.75) is 13.3 Å². The molecule has 2 heterocycles. The molecule has 0 aliphatic heterocycles. The molecule has 4 aromatic rings. The Labute approximate surface area is 179 Å². The number of benzene rings is 2. The number of primary amides is 1. The predicted octanol–water partition coefficient (Wildman–Crippen LogP) is 3.49. The Morgan fingerprint density at radius 3 is 2.72 bits per heavy atom. The standard InChI is InChI=1S/C21H18F3N7O/c1-9-5-6-13-11(7-28-31-13)15(9)18-16(25)19(20(26)32)30-21(29-18)10-3-2-4-12(22)17(10)27-8-14(23)24/h2-7,14,27H,8,25H2,1H3,(H2,26,32)(H,28,31). The largest absolute Gasteiger partial charge is 0.395 e. The number of alkyl halides is 2. The number of carbonyl (C=O) groups is 1. The molecule has 8 nitrogen and oxygen atoms in total. The van der Waals surface area contributed by atoms with Gasteiger partial charge in [0.15, 0.2) is 11.5 Å². The molecule has 2 aromatic carbocycles. The highest BCUT2D eigenvalue weighted by Crippen LogP contribution is 2.37. The summed E-state index contributed by atoms with van der Waals surface area (Å²) in [7, 11) is 0. The predicted molar refractivity (Wildman–Crippen MR) is 115 cm³/mol. The van der Waals surface area contributed by atoms with Gasteiger partial charge < -0.3 is 16.8 Å². The number of para-hydroxylation sites is 1. The fourth-order valence-corrected chi connectivity index (χ4v) is 3.48. The van der Waals surface area contributed by atoms with Gasteiger partial charge in [-0.05, 0) is 30.7 Å². The second-order valence-corrected chi connectivity index (χ2v) is 7.05. The number of hydrogen-bond donors (Lipinski definition) is 4. The number of nitrogens with one attached hydrogen (secondary N) is 2. The lowest BCUT2D eigenvalue weighted by atomic mass is 9.99. The summed E-state index contributed by atoms with van der Waals surface area (Å²) in [5.74, 6) is -1.79. The maximum atomic E-state index is 14.5. The van der Waals surface area contributed by atoms with Gasteiger partial charge in [-0.1, -0.05) is 12.1 Å². The van der Waals surface area contributed by atoms with Crippen molar-refractivity contribution in [3.8, 4) is 22.6 Å². The van der Waals surface area contributed by atoms with E-state index in [2.05, 4.69) is 25.5 Å². The Morgan fingerprint density at radius 2 is 2.00 bits per heavy atom. The molecule has 0 aliphatic carbocycles. The first-order chi connectivity index (χ1) is 15.3. The van der Waals surface area contributed by atoms with Gasteiger partial charge in [0.1, 0.15) is 5.82 Å². The summed E-state index contributed by atoms with van der Waals surface area (Å²) >= 11 is 0. The second kappa shape index (κ2) is 8.17. The molecule has 0 saturated heterocycles. The topological polar surface area (TPSA) is 136 Å². The zero-order chi connectivity index (χ0) is 23.0. The molecule has 0 saturated carbocycles. The summed E-state index contributed by atoms with van der Waals surface area (Å²) in [5.41, 5.74) is 13.5. The van der Waals surface area contributed by atoms with Crippen molar-refractivity contribution in [2.75, 3.05) is 17.6 Å². The van der Waals surface area contributed by atoms with Gasteiger partial charge >= 0.3 is 0 Å². The number of aromatic nitrogens is 4. The number of H-pyrrole nitrogens is 1. The summed E-state index contributed by atoms with van der Waals surface area (Å²) in [5, 5.41) is 9.94. The molecule has 0 unspecified atom stereocenters. The molecule has 0 spiro atoms. The number of nitrogens with two attached hydrogens (primary N) is 2. The first-order valence-corrected chi connectivity index (χ1v) is 9.49. The maximum absolute atomic E-state index is 14.5. The summed E-state index contributed by atoms with van der Waals surface area (Å²) in [4.78, 5) is 20.7. The third-order valence-corrected chi connectivity index (χ3v) is 4.94. The van der Waals surface area contributed by atoms with Gasteiger partial charge in [0.25, 0.3) is 12.3 Å². The van der Waals surface area contributed by atoms with Gasteiger partial charge in [-0.25, -0.2) is 23.1 Å². The highest BCUT2D eigenvalue weighted by atomic mass is 19.3. The minimum atomic E-state index is -2.71. The van der Waals surface area contributed by atoms with Crippen LogP contribution in [-0.2, 0) is 0 Å². The van der Waals surface area contributed by atoms with Gasteiger partial charge in [-0.2, -0.15) is 5.10 Å². The number of nitrogen functional groups attached to an aromatic ring is 1. The summed E-state index contributed by atoms with van der Waals surface area (Å²) in [6.45, 7) is 1.04. The molecule has 11 heteroatoms. The van der Waals surface area contributed by atoms with Gasteiger partial charge in [0, 0.05) is 16.5 Å². The number of rotatable bonds is 6. The molecule has 164 valence electrons. The van der Waals surface area contributed by atoms with Crippen molar-refractivity contribution >= 4 is 28.2 Å². The zero-order valence-corrected chi connectivity index (χ0v) is 16.8. The van der Waals surface area contributed by atoms with E-state index in [0.717, 1.165) is 11.6 Å². The van der Waals surface area contributed by atoms with Crippen molar-refractivity contribution in [1.29, 1.82) is 0 Å². The number of halogens is 3. The van der Waals surface area contributed by atoms with Gasteiger partial charge in [-0.3, -0.25) is 9.89 Å². The van der Waals surface area contributed by atoms with Gasteiger partial charge in [0.2, 0.25) is 0 Å². The quantitative estimate of drug-likeness (QED) is 0.362. The van der Waals surface area contributed by atoms with E-state index >= 15 is 0 Å². The zero-order valence-electron chi connectivity index (χ0n) is 16.8. The number of carbonyl (C=O) groups excluding carboxylic acids is 1. The highest BCUT2D eigenvalue weighted by molar-refractivity contribution is 6.04. The van der Waals surface area contributed by atoms with E-state index in [0.29, 0.717) is 16.5 Å². The monoisotopic (exact) mass is 441 g/mol. The maximum Gasteiger partial charge on any atom is 0.269 e. The van der Waals surface area contributed by atoms with Crippen LogP contribution in [0.15, 0.2) is 36.5 Å². The van der Waals surface area contributed by atoms with E-state index < -0.39 is 24.7 Å². The first-order valence-electron chi connectivity index (χ1n) is 9.49. The van der Waals surface area contributed by atoms with E-state index in [4.69, 9.17) is 11.5 Å². The molecule has 0 radical (unpaired) electrons. The molecule has 4 rings (SSSR count). The molecule has 1 amide bonds. The molecular formula is C21H18F3N7O. The van der Waals surface area contributed by atoms with Crippen LogP contribution in [0.4, 0.5) is 24.5 Å². The van der Waals surface area contributed by atoms with E-state index in [9.17, 15) is 18.0 Å². The number of amides is 1. The van der Waals surface area contributed by atoms with Crippen LogP contribution < -0.4 is 16.8 Å². The number of hydrogen-bond acceptors (Lipinski definition) is 6. The minimum Gasteiger partial charge on any atom is -0.395 e.